The van der Waals surface area contributed by atoms with Crippen LogP contribution < -0.4 is 10.2 Å². The third-order valence-electron chi connectivity index (χ3n) is 5.02. The zero-order valence-electron chi connectivity index (χ0n) is 15.4. The fourth-order valence-electron chi connectivity index (χ4n) is 3.55. The molecule has 1 aliphatic heterocycles. The van der Waals surface area contributed by atoms with Crippen LogP contribution in [-0.4, -0.2) is 28.8 Å². The number of carbonyl (C=O) groups excluding carboxylic acids is 1. The third-order valence-corrected chi connectivity index (χ3v) is 5.26. The van der Waals surface area contributed by atoms with Gasteiger partial charge in [0.1, 0.15) is 0 Å². The number of aromatic nitrogens is 2. The smallest absolute Gasteiger partial charge is 0.259 e. The summed E-state index contributed by atoms with van der Waals surface area (Å²) in [6.07, 6.45) is 2.65. The number of rotatable bonds is 4. The normalized spacial score (nSPS) is 12.9. The van der Waals surface area contributed by atoms with Crippen LogP contribution in [0, 0.1) is 6.92 Å². The summed E-state index contributed by atoms with van der Waals surface area (Å²) in [5, 5.41) is 8.00. The van der Waals surface area contributed by atoms with Crippen molar-refractivity contribution in [1.29, 1.82) is 0 Å². The number of nitrogens with one attached hydrogen (secondary N) is 1. The number of fused-ring (bicyclic) bond motifs is 1. The standard InChI is InChI=1S/C21H21ClN4O/c1-3-25-10-9-15-7-8-17(12-20(15)25)24-21(27)19-13-23-26(14(19)2)18-6-4-5-16(22)11-18/h4-8,11-13H,3,9-10H2,1-2H3,(H,24,27). The number of halogens is 1. The first-order chi connectivity index (χ1) is 13.1. The van der Waals surface area contributed by atoms with Crippen molar-refractivity contribution in [3.05, 3.63) is 70.5 Å². The SMILES string of the molecule is CCN1CCc2ccc(NC(=O)c3cnn(-c4cccc(Cl)c4)c3C)cc21. The molecule has 2 aromatic carbocycles. The van der Waals surface area contributed by atoms with E-state index in [9.17, 15) is 4.79 Å². The molecular weight excluding hydrogens is 360 g/mol. The number of hydrogen-bond donors (Lipinski definition) is 1. The number of likely N-dealkylation sites (N-methyl/N-ethyl adjacent to an activating group) is 1. The Kier molecular flexibility index (Phi) is 4.62. The summed E-state index contributed by atoms with van der Waals surface area (Å²) in [6.45, 7) is 6.03. The molecule has 4 rings (SSSR count). The average molecular weight is 381 g/mol. The van der Waals surface area contributed by atoms with Crippen LogP contribution in [0.2, 0.25) is 5.02 Å². The number of benzene rings is 2. The van der Waals surface area contributed by atoms with Gasteiger partial charge in [-0.2, -0.15) is 5.10 Å². The predicted molar refractivity (Wildman–Crippen MR) is 109 cm³/mol. The van der Waals surface area contributed by atoms with E-state index in [4.69, 9.17) is 11.6 Å². The van der Waals surface area contributed by atoms with Crippen LogP contribution in [0.4, 0.5) is 11.4 Å². The lowest BCUT2D eigenvalue weighted by Gasteiger charge is -2.17. The van der Waals surface area contributed by atoms with E-state index < -0.39 is 0 Å². The van der Waals surface area contributed by atoms with Crippen LogP contribution in [0.1, 0.15) is 28.5 Å². The van der Waals surface area contributed by atoms with Gasteiger partial charge in [0, 0.05) is 29.5 Å². The number of anilines is 2. The van der Waals surface area contributed by atoms with Gasteiger partial charge in [0.2, 0.25) is 0 Å². The average Bonchev–Trinajstić information content (AvgIpc) is 3.24. The molecule has 0 radical (unpaired) electrons. The molecule has 5 nitrogen and oxygen atoms in total. The summed E-state index contributed by atoms with van der Waals surface area (Å²) < 4.78 is 1.72. The molecule has 0 atom stereocenters. The van der Waals surface area contributed by atoms with Crippen molar-refractivity contribution in [3.63, 3.8) is 0 Å². The van der Waals surface area contributed by atoms with Gasteiger partial charge in [0.15, 0.2) is 0 Å². The first-order valence-corrected chi connectivity index (χ1v) is 9.44. The van der Waals surface area contributed by atoms with Crippen molar-refractivity contribution in [2.75, 3.05) is 23.3 Å². The van der Waals surface area contributed by atoms with Crippen LogP contribution in [0.15, 0.2) is 48.7 Å². The molecule has 0 unspecified atom stereocenters. The number of amides is 1. The quantitative estimate of drug-likeness (QED) is 0.726. The first kappa shape index (κ1) is 17.6. The lowest BCUT2D eigenvalue weighted by Crippen LogP contribution is -2.19. The van der Waals surface area contributed by atoms with Crippen molar-refractivity contribution >= 4 is 28.9 Å². The topological polar surface area (TPSA) is 50.2 Å². The fraction of sp³-hybridized carbons (Fsp3) is 0.238. The Morgan fingerprint density at radius 2 is 2.11 bits per heavy atom. The van der Waals surface area contributed by atoms with Crippen molar-refractivity contribution in [2.24, 2.45) is 0 Å². The van der Waals surface area contributed by atoms with E-state index in [1.807, 2.05) is 37.3 Å². The molecule has 0 saturated heterocycles. The van der Waals surface area contributed by atoms with Crippen LogP contribution in [0.3, 0.4) is 0 Å². The molecule has 138 valence electrons. The second kappa shape index (κ2) is 7.08. The summed E-state index contributed by atoms with van der Waals surface area (Å²) in [7, 11) is 0. The summed E-state index contributed by atoms with van der Waals surface area (Å²) in [5.41, 5.74) is 5.49. The Labute approximate surface area is 163 Å². The molecule has 27 heavy (non-hydrogen) atoms. The Balaban J connectivity index is 1.58. The highest BCUT2D eigenvalue weighted by molar-refractivity contribution is 6.30. The molecule has 2 heterocycles. The van der Waals surface area contributed by atoms with Gasteiger partial charge in [0.25, 0.3) is 5.91 Å². The Morgan fingerprint density at radius 3 is 2.89 bits per heavy atom. The van der Waals surface area contributed by atoms with Crippen molar-refractivity contribution in [3.8, 4) is 5.69 Å². The second-order valence-corrected chi connectivity index (χ2v) is 7.10. The highest BCUT2D eigenvalue weighted by atomic mass is 35.5. The van der Waals surface area contributed by atoms with Gasteiger partial charge in [-0.3, -0.25) is 4.79 Å². The van der Waals surface area contributed by atoms with E-state index in [0.717, 1.165) is 36.6 Å². The minimum atomic E-state index is -0.165. The lowest BCUT2D eigenvalue weighted by molar-refractivity contribution is 0.102. The molecule has 0 fully saturated rings. The minimum absolute atomic E-state index is 0.165. The Bertz CT molecular complexity index is 1010. The maximum absolute atomic E-state index is 12.8. The number of carbonyl (C=O) groups is 1. The molecule has 1 aliphatic rings. The maximum Gasteiger partial charge on any atom is 0.259 e. The van der Waals surface area contributed by atoms with E-state index in [1.54, 1.807) is 10.9 Å². The summed E-state index contributed by atoms with van der Waals surface area (Å²) in [6, 6.07) is 13.5. The van der Waals surface area contributed by atoms with Crippen LogP contribution in [-0.2, 0) is 6.42 Å². The fourth-order valence-corrected chi connectivity index (χ4v) is 3.74. The maximum atomic E-state index is 12.8. The molecule has 0 saturated carbocycles. The minimum Gasteiger partial charge on any atom is -0.371 e. The van der Waals surface area contributed by atoms with E-state index in [2.05, 4.69) is 34.4 Å². The molecule has 1 aromatic heterocycles. The zero-order valence-corrected chi connectivity index (χ0v) is 16.1. The van der Waals surface area contributed by atoms with E-state index >= 15 is 0 Å². The predicted octanol–water partition coefficient (Wildman–Crippen LogP) is 4.47. The van der Waals surface area contributed by atoms with Gasteiger partial charge in [-0.15, -0.1) is 0 Å². The van der Waals surface area contributed by atoms with Crippen molar-refractivity contribution in [1.82, 2.24) is 9.78 Å². The van der Waals surface area contributed by atoms with Gasteiger partial charge in [-0.1, -0.05) is 23.7 Å². The second-order valence-electron chi connectivity index (χ2n) is 6.66. The molecule has 6 heteroatoms. The number of nitrogens with zero attached hydrogens (tertiary/aromatic N) is 3. The monoisotopic (exact) mass is 380 g/mol. The summed E-state index contributed by atoms with van der Waals surface area (Å²) in [5.74, 6) is -0.165. The molecule has 3 aromatic rings. The molecule has 0 aliphatic carbocycles. The zero-order chi connectivity index (χ0) is 19.0. The first-order valence-electron chi connectivity index (χ1n) is 9.06. The molecule has 0 spiro atoms. The summed E-state index contributed by atoms with van der Waals surface area (Å²) in [4.78, 5) is 15.1. The molecule has 1 amide bonds. The van der Waals surface area contributed by atoms with Gasteiger partial charge in [-0.25, -0.2) is 4.68 Å². The van der Waals surface area contributed by atoms with Crippen LogP contribution in [0.5, 0.6) is 0 Å². The van der Waals surface area contributed by atoms with Gasteiger partial charge >= 0.3 is 0 Å². The van der Waals surface area contributed by atoms with Crippen LogP contribution in [0.25, 0.3) is 5.69 Å². The molecule has 0 bridgehead atoms. The highest BCUT2D eigenvalue weighted by Gasteiger charge is 2.20. The Morgan fingerprint density at radius 1 is 1.26 bits per heavy atom. The number of hydrogen-bond acceptors (Lipinski definition) is 3. The highest BCUT2D eigenvalue weighted by Crippen LogP contribution is 2.30. The van der Waals surface area contributed by atoms with Crippen molar-refractivity contribution < 1.29 is 4.79 Å². The van der Waals surface area contributed by atoms with Crippen molar-refractivity contribution in [2.45, 2.75) is 20.3 Å². The molecular formula is C21H21ClN4O. The third kappa shape index (κ3) is 3.30. The Hall–Kier alpha value is -2.79. The largest absolute Gasteiger partial charge is 0.371 e. The van der Waals surface area contributed by atoms with Gasteiger partial charge in [0.05, 0.1) is 23.1 Å². The van der Waals surface area contributed by atoms with E-state index in [-0.39, 0.29) is 5.91 Å². The van der Waals surface area contributed by atoms with E-state index in [0.29, 0.717) is 10.6 Å². The van der Waals surface area contributed by atoms with E-state index in [1.165, 1.54) is 11.3 Å². The molecule has 1 N–H and O–H groups in total. The lowest BCUT2D eigenvalue weighted by atomic mass is 10.1. The summed E-state index contributed by atoms with van der Waals surface area (Å²) >= 11 is 6.07. The van der Waals surface area contributed by atoms with Gasteiger partial charge in [-0.05, 0) is 56.2 Å². The van der Waals surface area contributed by atoms with Gasteiger partial charge < -0.3 is 10.2 Å². The van der Waals surface area contributed by atoms with Crippen LogP contribution >= 0.6 is 11.6 Å².